The molecule has 224 valence electrons. The Bertz CT molecular complexity index is 1600. The third-order valence-electron chi connectivity index (χ3n) is 8.36. The highest BCUT2D eigenvalue weighted by Crippen LogP contribution is 2.27. The highest BCUT2D eigenvalue weighted by atomic mass is 16.4. The van der Waals surface area contributed by atoms with E-state index in [1.54, 1.807) is 30.1 Å². The summed E-state index contributed by atoms with van der Waals surface area (Å²) in [5.41, 5.74) is 2.78. The normalized spacial score (nSPS) is 15.7. The topological polar surface area (TPSA) is 104 Å². The molecule has 0 aliphatic carbocycles. The number of nitrogens with zero attached hydrogens (tertiary/aromatic N) is 5. The Hall–Kier alpha value is -4.44. The van der Waals surface area contributed by atoms with Crippen LogP contribution in [0.25, 0.3) is 11.0 Å². The van der Waals surface area contributed by atoms with Crippen molar-refractivity contribution in [2.45, 2.75) is 51.6 Å². The number of carbonyl (C=O) groups is 3. The summed E-state index contributed by atoms with van der Waals surface area (Å²) >= 11 is 0. The molecule has 10 nitrogen and oxygen atoms in total. The van der Waals surface area contributed by atoms with E-state index < -0.39 is 0 Å². The monoisotopic (exact) mass is 582 g/mol. The summed E-state index contributed by atoms with van der Waals surface area (Å²) in [6, 6.07) is 18.4. The van der Waals surface area contributed by atoms with Gasteiger partial charge in [-0.3, -0.25) is 24.6 Å². The van der Waals surface area contributed by atoms with Gasteiger partial charge in [0.15, 0.2) is 5.76 Å². The average Bonchev–Trinajstić information content (AvgIpc) is 3.76. The Balaban J connectivity index is 1.23. The van der Waals surface area contributed by atoms with Crippen LogP contribution in [0.1, 0.15) is 65.2 Å². The van der Waals surface area contributed by atoms with Crippen molar-refractivity contribution >= 4 is 40.4 Å². The molecule has 0 unspecified atom stereocenters. The molecule has 0 radical (unpaired) electrons. The van der Waals surface area contributed by atoms with Gasteiger partial charge in [-0.25, -0.2) is 4.98 Å². The number of imidazole rings is 1. The third-order valence-corrected chi connectivity index (χ3v) is 8.36. The lowest BCUT2D eigenvalue weighted by atomic mass is 10.1. The molecule has 1 N–H and O–H groups in total. The Morgan fingerprint density at radius 3 is 2.53 bits per heavy atom. The van der Waals surface area contributed by atoms with Crippen LogP contribution in [0.4, 0.5) is 11.6 Å². The predicted molar refractivity (Wildman–Crippen MR) is 165 cm³/mol. The van der Waals surface area contributed by atoms with E-state index in [1.807, 2.05) is 51.9 Å². The van der Waals surface area contributed by atoms with Gasteiger partial charge in [0.2, 0.25) is 11.9 Å². The fourth-order valence-electron chi connectivity index (χ4n) is 5.99. The summed E-state index contributed by atoms with van der Waals surface area (Å²) in [6.45, 7) is 4.78. The highest BCUT2D eigenvalue weighted by molar-refractivity contribution is 6.06. The lowest BCUT2D eigenvalue weighted by Gasteiger charge is -2.25. The molecule has 0 saturated carbocycles. The molecule has 43 heavy (non-hydrogen) atoms. The van der Waals surface area contributed by atoms with E-state index in [9.17, 15) is 14.4 Å². The van der Waals surface area contributed by atoms with Gasteiger partial charge in [-0.1, -0.05) is 24.6 Å². The minimum atomic E-state index is -0.368. The van der Waals surface area contributed by atoms with Gasteiger partial charge < -0.3 is 18.8 Å². The summed E-state index contributed by atoms with van der Waals surface area (Å²) in [7, 11) is 1.74. The first-order chi connectivity index (χ1) is 21.0. The first-order valence-electron chi connectivity index (χ1n) is 15.2. The average molecular weight is 583 g/mol. The van der Waals surface area contributed by atoms with E-state index in [-0.39, 0.29) is 23.5 Å². The fraction of sp³-hybridized carbons (Fsp3) is 0.394. The maximum atomic E-state index is 13.3. The van der Waals surface area contributed by atoms with Crippen LogP contribution >= 0.6 is 0 Å². The van der Waals surface area contributed by atoms with E-state index in [0.29, 0.717) is 48.8 Å². The van der Waals surface area contributed by atoms with Crippen molar-refractivity contribution in [3.63, 3.8) is 0 Å². The second-order valence-electron chi connectivity index (χ2n) is 11.4. The second kappa shape index (κ2) is 12.8. The number of fused-ring (bicyclic) bond motifs is 1. The number of amides is 3. The molecule has 2 aliphatic rings. The minimum Gasteiger partial charge on any atom is -0.455 e. The third kappa shape index (κ3) is 6.49. The zero-order valence-corrected chi connectivity index (χ0v) is 24.6. The van der Waals surface area contributed by atoms with Crippen molar-refractivity contribution in [2.75, 3.05) is 43.4 Å². The molecule has 2 aliphatic heterocycles. The van der Waals surface area contributed by atoms with Crippen LogP contribution in [0.5, 0.6) is 0 Å². The van der Waals surface area contributed by atoms with Crippen LogP contribution in [-0.2, 0) is 17.9 Å². The number of furan rings is 1. The van der Waals surface area contributed by atoms with Crippen molar-refractivity contribution in [2.24, 2.45) is 0 Å². The van der Waals surface area contributed by atoms with Crippen LogP contribution in [0, 0.1) is 0 Å². The van der Waals surface area contributed by atoms with Gasteiger partial charge in [0.25, 0.3) is 11.8 Å². The van der Waals surface area contributed by atoms with Crippen molar-refractivity contribution in [3.05, 3.63) is 77.7 Å². The smallest absolute Gasteiger partial charge is 0.293 e. The number of anilines is 2. The molecule has 0 spiro atoms. The summed E-state index contributed by atoms with van der Waals surface area (Å²) in [5.74, 6) is 1.11. The SMILES string of the molecule is CN(C(=O)c1ccccc1)c1ccc2c(c1)nc(NC(=O)c1ccc(CN3CCCCC3)o1)n2CCCN1CCCC1=O. The number of aryl methyl sites for hydroxylation is 1. The van der Waals surface area contributed by atoms with Gasteiger partial charge in [-0.15, -0.1) is 0 Å². The number of carbonyl (C=O) groups excluding carboxylic acids is 3. The Morgan fingerprint density at radius 2 is 1.77 bits per heavy atom. The quantitative estimate of drug-likeness (QED) is 0.277. The Morgan fingerprint density at radius 1 is 0.953 bits per heavy atom. The zero-order chi connectivity index (χ0) is 29.8. The van der Waals surface area contributed by atoms with Crippen LogP contribution in [0.3, 0.4) is 0 Å². The Labute approximate surface area is 251 Å². The van der Waals surface area contributed by atoms with E-state index in [2.05, 4.69) is 10.2 Å². The molecular formula is C33H38N6O4. The van der Waals surface area contributed by atoms with Gasteiger partial charge in [-0.2, -0.15) is 0 Å². The largest absolute Gasteiger partial charge is 0.455 e. The van der Waals surface area contributed by atoms with E-state index in [4.69, 9.17) is 9.40 Å². The first kappa shape index (κ1) is 28.7. The lowest BCUT2D eigenvalue weighted by Crippen LogP contribution is -2.28. The van der Waals surface area contributed by atoms with Crippen molar-refractivity contribution in [3.8, 4) is 0 Å². The van der Waals surface area contributed by atoms with Gasteiger partial charge in [-0.05, 0) is 81.2 Å². The Kier molecular flexibility index (Phi) is 8.55. The molecule has 4 heterocycles. The summed E-state index contributed by atoms with van der Waals surface area (Å²) in [4.78, 5) is 49.2. The molecule has 3 amide bonds. The summed E-state index contributed by atoms with van der Waals surface area (Å²) < 4.78 is 7.90. The summed E-state index contributed by atoms with van der Waals surface area (Å²) in [5, 5.41) is 2.96. The number of aromatic nitrogens is 2. The molecule has 2 fully saturated rings. The number of benzene rings is 2. The molecule has 0 bridgehead atoms. The van der Waals surface area contributed by atoms with Gasteiger partial charge in [0.1, 0.15) is 5.76 Å². The second-order valence-corrected chi connectivity index (χ2v) is 11.4. The van der Waals surface area contributed by atoms with Crippen LogP contribution in [0.2, 0.25) is 0 Å². The number of piperidine rings is 1. The highest BCUT2D eigenvalue weighted by Gasteiger charge is 2.22. The van der Waals surface area contributed by atoms with Gasteiger partial charge >= 0.3 is 0 Å². The molecule has 2 aromatic carbocycles. The lowest BCUT2D eigenvalue weighted by molar-refractivity contribution is -0.127. The van der Waals surface area contributed by atoms with Crippen LogP contribution < -0.4 is 10.2 Å². The molecule has 0 atom stereocenters. The number of likely N-dealkylation sites (tertiary alicyclic amines) is 2. The number of hydrogen-bond acceptors (Lipinski definition) is 6. The predicted octanol–water partition coefficient (Wildman–Crippen LogP) is 5.16. The zero-order valence-electron chi connectivity index (χ0n) is 24.6. The molecule has 2 aromatic heterocycles. The van der Waals surface area contributed by atoms with E-state index in [0.717, 1.165) is 43.8 Å². The van der Waals surface area contributed by atoms with E-state index in [1.165, 1.54) is 19.3 Å². The first-order valence-corrected chi connectivity index (χ1v) is 15.2. The molecule has 6 rings (SSSR count). The summed E-state index contributed by atoms with van der Waals surface area (Å²) in [6.07, 6.45) is 5.86. The van der Waals surface area contributed by atoms with Crippen LogP contribution in [0.15, 0.2) is 65.1 Å². The molecule has 2 saturated heterocycles. The molecule has 10 heteroatoms. The van der Waals surface area contributed by atoms with Crippen molar-refractivity contribution < 1.29 is 18.8 Å². The maximum absolute atomic E-state index is 13.3. The number of hydrogen-bond donors (Lipinski definition) is 1. The minimum absolute atomic E-state index is 0.124. The fourth-order valence-corrected chi connectivity index (χ4v) is 5.99. The van der Waals surface area contributed by atoms with Crippen molar-refractivity contribution in [1.82, 2.24) is 19.4 Å². The van der Waals surface area contributed by atoms with E-state index >= 15 is 0 Å². The van der Waals surface area contributed by atoms with Gasteiger partial charge in [0.05, 0.1) is 17.6 Å². The van der Waals surface area contributed by atoms with Crippen molar-refractivity contribution in [1.29, 1.82) is 0 Å². The maximum Gasteiger partial charge on any atom is 0.293 e. The van der Waals surface area contributed by atoms with Gasteiger partial charge in [0, 0.05) is 44.4 Å². The number of rotatable bonds is 10. The van der Waals surface area contributed by atoms with Crippen LogP contribution in [-0.4, -0.2) is 70.3 Å². The molecule has 4 aromatic rings. The standard InChI is InChI=1S/C33H38N6O4/c1-36(32(42)24-10-4-2-5-11-24)25-13-15-28-27(22-25)34-33(39(28)21-9-20-38-19-8-12-30(38)40)35-31(41)29-16-14-26(43-29)23-37-17-6-3-7-18-37/h2,4-5,10-11,13-16,22H,3,6-9,12,17-21,23H2,1H3,(H,34,35,41). The molecular weight excluding hydrogens is 544 g/mol. The number of nitrogens with one attached hydrogen (secondary N) is 1.